The second-order valence-corrected chi connectivity index (χ2v) is 7.35. The van der Waals surface area contributed by atoms with Gasteiger partial charge in [-0.05, 0) is 43.7 Å². The third kappa shape index (κ3) is 5.27. The second kappa shape index (κ2) is 9.13. The van der Waals surface area contributed by atoms with Crippen LogP contribution in [0.4, 0.5) is 5.82 Å². The predicted molar refractivity (Wildman–Crippen MR) is 113 cm³/mol. The quantitative estimate of drug-likeness (QED) is 0.490. The SMILES string of the molecule is CC(C)Nc1cc(-c2c[nH]c(C(=O)OC[CH]c3cccc(Cl)c3)c2)c(Cl)cn1. The van der Waals surface area contributed by atoms with Crippen LogP contribution in [0.3, 0.4) is 0 Å². The van der Waals surface area contributed by atoms with Crippen LogP contribution in [0.1, 0.15) is 29.9 Å². The summed E-state index contributed by atoms with van der Waals surface area (Å²) in [6, 6.07) is 11.1. The zero-order chi connectivity index (χ0) is 20.1. The lowest BCUT2D eigenvalue weighted by Gasteiger charge is -2.10. The lowest BCUT2D eigenvalue weighted by molar-refractivity contribution is 0.0533. The minimum Gasteiger partial charge on any atom is -0.460 e. The molecule has 0 amide bonds. The van der Waals surface area contributed by atoms with E-state index in [-0.39, 0.29) is 12.6 Å². The maximum absolute atomic E-state index is 12.3. The van der Waals surface area contributed by atoms with Crippen molar-refractivity contribution in [2.45, 2.75) is 19.9 Å². The summed E-state index contributed by atoms with van der Waals surface area (Å²) in [6.45, 7) is 4.20. The number of benzene rings is 1. The molecule has 7 heteroatoms. The molecule has 1 aromatic carbocycles. The molecule has 0 aliphatic carbocycles. The number of pyridine rings is 1. The fourth-order valence-electron chi connectivity index (χ4n) is 2.63. The van der Waals surface area contributed by atoms with Crippen LogP contribution in [0.25, 0.3) is 11.1 Å². The molecule has 5 nitrogen and oxygen atoms in total. The molecule has 2 N–H and O–H groups in total. The van der Waals surface area contributed by atoms with Crippen LogP contribution in [0.5, 0.6) is 0 Å². The van der Waals surface area contributed by atoms with Gasteiger partial charge in [-0.3, -0.25) is 0 Å². The summed E-state index contributed by atoms with van der Waals surface area (Å²) < 4.78 is 5.30. The number of nitrogens with zero attached hydrogens (tertiary/aromatic N) is 1. The average molecular weight is 417 g/mol. The number of carbonyl (C=O) groups is 1. The maximum atomic E-state index is 12.3. The summed E-state index contributed by atoms with van der Waals surface area (Å²) in [7, 11) is 0. The number of H-pyrrole nitrogens is 1. The van der Waals surface area contributed by atoms with E-state index in [1.54, 1.807) is 37.0 Å². The fourth-order valence-corrected chi connectivity index (χ4v) is 3.04. The number of carbonyl (C=O) groups excluding carboxylic acids is 1. The largest absolute Gasteiger partial charge is 0.460 e. The molecule has 2 aromatic heterocycles. The fraction of sp³-hybridized carbons (Fsp3) is 0.190. The van der Waals surface area contributed by atoms with Crippen molar-refractivity contribution >= 4 is 35.0 Å². The van der Waals surface area contributed by atoms with Crippen molar-refractivity contribution in [3.05, 3.63) is 76.5 Å². The van der Waals surface area contributed by atoms with Gasteiger partial charge in [0.25, 0.3) is 0 Å². The topological polar surface area (TPSA) is 67.0 Å². The Bertz CT molecular complexity index is 970. The first-order chi connectivity index (χ1) is 13.4. The first-order valence-corrected chi connectivity index (χ1v) is 9.55. The summed E-state index contributed by atoms with van der Waals surface area (Å²) in [5, 5.41) is 4.37. The van der Waals surface area contributed by atoms with Gasteiger partial charge in [0, 0.05) is 41.0 Å². The number of rotatable bonds is 7. The van der Waals surface area contributed by atoms with Gasteiger partial charge in [-0.2, -0.15) is 0 Å². The van der Waals surface area contributed by atoms with E-state index in [9.17, 15) is 4.79 Å². The van der Waals surface area contributed by atoms with Crippen molar-refractivity contribution in [2.24, 2.45) is 0 Å². The van der Waals surface area contributed by atoms with Crippen molar-refractivity contribution in [1.82, 2.24) is 9.97 Å². The molecule has 0 fully saturated rings. The van der Waals surface area contributed by atoms with Gasteiger partial charge in [-0.25, -0.2) is 9.78 Å². The van der Waals surface area contributed by atoms with E-state index in [0.717, 1.165) is 22.5 Å². The van der Waals surface area contributed by atoms with E-state index in [1.807, 2.05) is 32.0 Å². The molecule has 145 valence electrons. The molecule has 3 aromatic rings. The monoisotopic (exact) mass is 416 g/mol. The summed E-state index contributed by atoms with van der Waals surface area (Å²) in [6.07, 6.45) is 5.10. The third-order valence-electron chi connectivity index (χ3n) is 3.89. The van der Waals surface area contributed by atoms with Gasteiger partial charge in [-0.1, -0.05) is 35.3 Å². The van der Waals surface area contributed by atoms with E-state index in [0.29, 0.717) is 15.7 Å². The minimum absolute atomic E-state index is 0.145. The number of aromatic nitrogens is 2. The van der Waals surface area contributed by atoms with Crippen LogP contribution >= 0.6 is 23.2 Å². The molecule has 0 aliphatic heterocycles. The number of hydrogen-bond acceptors (Lipinski definition) is 4. The van der Waals surface area contributed by atoms with Crippen molar-refractivity contribution < 1.29 is 9.53 Å². The van der Waals surface area contributed by atoms with Gasteiger partial charge < -0.3 is 15.0 Å². The number of nitrogens with one attached hydrogen (secondary N) is 2. The third-order valence-corrected chi connectivity index (χ3v) is 4.42. The molecule has 0 spiro atoms. The van der Waals surface area contributed by atoms with Gasteiger partial charge >= 0.3 is 5.97 Å². The van der Waals surface area contributed by atoms with Crippen LogP contribution in [0.15, 0.2) is 48.8 Å². The number of esters is 1. The summed E-state index contributed by atoms with van der Waals surface area (Å²) >= 11 is 12.2. The van der Waals surface area contributed by atoms with Crippen molar-refractivity contribution in [1.29, 1.82) is 0 Å². The van der Waals surface area contributed by atoms with Gasteiger partial charge in [-0.15, -0.1) is 0 Å². The van der Waals surface area contributed by atoms with Crippen LogP contribution in [-0.2, 0) is 4.74 Å². The highest BCUT2D eigenvalue weighted by molar-refractivity contribution is 6.33. The number of hydrogen-bond donors (Lipinski definition) is 2. The maximum Gasteiger partial charge on any atom is 0.354 e. The standard InChI is InChI=1S/C21H20Cl2N3O2/c1-13(2)26-20-10-17(18(23)12-25-20)15-9-19(24-11-15)21(27)28-7-6-14-4-3-5-16(22)8-14/h3-6,8-13,24H,7H2,1-2H3,(H,25,26). The first kappa shape index (κ1) is 20.2. The van der Waals surface area contributed by atoms with Gasteiger partial charge in [0.2, 0.25) is 0 Å². The Balaban J connectivity index is 1.65. The molecule has 2 heterocycles. The zero-order valence-electron chi connectivity index (χ0n) is 15.5. The van der Waals surface area contributed by atoms with Crippen molar-refractivity contribution in [3.63, 3.8) is 0 Å². The summed E-state index contributed by atoms with van der Waals surface area (Å²) in [5.74, 6) is 0.270. The number of halogens is 2. The molecular weight excluding hydrogens is 397 g/mol. The highest BCUT2D eigenvalue weighted by Crippen LogP contribution is 2.30. The number of ether oxygens (including phenoxy) is 1. The van der Waals surface area contributed by atoms with E-state index < -0.39 is 5.97 Å². The van der Waals surface area contributed by atoms with Gasteiger partial charge in [0.05, 0.1) is 11.6 Å². The molecule has 0 saturated carbocycles. The van der Waals surface area contributed by atoms with Crippen LogP contribution in [0, 0.1) is 6.42 Å². The van der Waals surface area contributed by atoms with E-state index in [2.05, 4.69) is 15.3 Å². The van der Waals surface area contributed by atoms with Crippen LogP contribution in [-0.4, -0.2) is 28.6 Å². The lowest BCUT2D eigenvalue weighted by atomic mass is 10.1. The molecule has 0 atom stereocenters. The molecule has 0 saturated heterocycles. The van der Waals surface area contributed by atoms with Crippen LogP contribution in [0.2, 0.25) is 10.0 Å². The summed E-state index contributed by atoms with van der Waals surface area (Å²) in [5.41, 5.74) is 2.80. The Morgan fingerprint density at radius 3 is 2.86 bits per heavy atom. The Morgan fingerprint density at radius 2 is 2.11 bits per heavy atom. The molecule has 28 heavy (non-hydrogen) atoms. The number of aromatic amines is 1. The highest BCUT2D eigenvalue weighted by Gasteiger charge is 2.14. The molecular formula is C21H20Cl2N3O2. The van der Waals surface area contributed by atoms with Crippen molar-refractivity contribution in [3.8, 4) is 11.1 Å². The van der Waals surface area contributed by atoms with Crippen molar-refractivity contribution in [2.75, 3.05) is 11.9 Å². The van der Waals surface area contributed by atoms with E-state index in [4.69, 9.17) is 27.9 Å². The number of anilines is 1. The normalized spacial score (nSPS) is 10.9. The Kier molecular flexibility index (Phi) is 6.60. The second-order valence-electron chi connectivity index (χ2n) is 6.51. The smallest absolute Gasteiger partial charge is 0.354 e. The minimum atomic E-state index is -0.449. The zero-order valence-corrected chi connectivity index (χ0v) is 17.0. The molecule has 1 radical (unpaired) electrons. The van der Waals surface area contributed by atoms with Gasteiger partial charge in [0.1, 0.15) is 11.5 Å². The van der Waals surface area contributed by atoms with E-state index >= 15 is 0 Å². The van der Waals surface area contributed by atoms with Gasteiger partial charge in [0.15, 0.2) is 0 Å². The van der Waals surface area contributed by atoms with Crippen LogP contribution < -0.4 is 5.32 Å². The van der Waals surface area contributed by atoms with E-state index in [1.165, 1.54) is 0 Å². The molecule has 0 unspecified atom stereocenters. The Hall–Kier alpha value is -2.50. The lowest BCUT2D eigenvalue weighted by Crippen LogP contribution is -2.10. The summed E-state index contributed by atoms with van der Waals surface area (Å²) in [4.78, 5) is 19.5. The molecule has 3 rings (SSSR count). The average Bonchev–Trinajstić information content (AvgIpc) is 3.13. The Labute approximate surface area is 174 Å². The highest BCUT2D eigenvalue weighted by atomic mass is 35.5. The molecule has 0 aliphatic rings. The molecule has 0 bridgehead atoms. The predicted octanol–water partition coefficient (Wildman–Crippen LogP) is 5.61. The first-order valence-electron chi connectivity index (χ1n) is 8.79. The Morgan fingerprint density at radius 1 is 1.29 bits per heavy atom.